The molecule has 4 rings (SSSR count). The van der Waals surface area contributed by atoms with Crippen LogP contribution >= 0.6 is 22.7 Å². The normalized spacial score (nSPS) is 16.8. The average molecular weight is 385 g/mol. The number of hydrogen-bond acceptors (Lipinski definition) is 6. The zero-order valence-electron chi connectivity index (χ0n) is 14.3. The maximum atomic E-state index is 13.4. The molecule has 0 amide bonds. The first-order chi connectivity index (χ1) is 12.5. The van der Waals surface area contributed by atoms with Crippen molar-refractivity contribution in [1.82, 2.24) is 4.98 Å². The van der Waals surface area contributed by atoms with E-state index in [1.165, 1.54) is 23.5 Å². The maximum absolute atomic E-state index is 13.4. The quantitative estimate of drug-likeness (QED) is 0.579. The number of rotatable bonds is 4. The maximum Gasteiger partial charge on any atom is 0.207 e. The van der Waals surface area contributed by atoms with Crippen LogP contribution in [0.4, 0.5) is 9.52 Å². The lowest BCUT2D eigenvalue weighted by Crippen LogP contribution is -2.18. The van der Waals surface area contributed by atoms with E-state index in [0.717, 1.165) is 21.8 Å². The molecule has 0 fully saturated rings. The third-order valence-corrected chi connectivity index (χ3v) is 6.44. The molecule has 0 radical (unpaired) electrons. The van der Waals surface area contributed by atoms with Crippen molar-refractivity contribution in [3.63, 3.8) is 0 Å². The van der Waals surface area contributed by atoms with Gasteiger partial charge in [0.05, 0.1) is 27.2 Å². The van der Waals surface area contributed by atoms with Crippen LogP contribution in [0.25, 0.3) is 0 Å². The van der Waals surface area contributed by atoms with Crippen LogP contribution < -0.4 is 5.01 Å². The number of aromatic nitrogens is 1. The Morgan fingerprint density at radius 3 is 2.65 bits per heavy atom. The zero-order valence-corrected chi connectivity index (χ0v) is 15.9. The van der Waals surface area contributed by atoms with Crippen molar-refractivity contribution in [1.29, 1.82) is 0 Å². The number of hydrogen-bond donors (Lipinski definition) is 0. The Hall–Kier alpha value is -2.38. The predicted molar refractivity (Wildman–Crippen MR) is 104 cm³/mol. The molecule has 1 aromatic carbocycles. The first-order valence-corrected chi connectivity index (χ1v) is 9.87. The molecule has 1 aliphatic heterocycles. The van der Waals surface area contributed by atoms with Gasteiger partial charge in [-0.1, -0.05) is 29.5 Å². The molecule has 3 aromatic rings. The number of anilines is 1. The van der Waals surface area contributed by atoms with Gasteiger partial charge in [0, 0.05) is 13.3 Å². The SMILES string of the molecule is CC(=O)c1sc(N2N=C(c3cccs3)CC2c2ccc(F)cc2)nc1C. The smallest absolute Gasteiger partial charge is 0.207 e. The van der Waals surface area contributed by atoms with E-state index in [2.05, 4.69) is 4.98 Å². The van der Waals surface area contributed by atoms with Gasteiger partial charge < -0.3 is 0 Å². The average Bonchev–Trinajstić information content (AvgIpc) is 3.34. The summed E-state index contributed by atoms with van der Waals surface area (Å²) >= 11 is 3.00. The summed E-state index contributed by atoms with van der Waals surface area (Å²) in [5, 5.41) is 9.38. The second-order valence-corrected chi connectivity index (χ2v) is 8.03. The molecule has 1 atom stereocenters. The Balaban J connectivity index is 1.77. The van der Waals surface area contributed by atoms with Crippen molar-refractivity contribution in [2.24, 2.45) is 5.10 Å². The highest BCUT2D eigenvalue weighted by molar-refractivity contribution is 7.17. The van der Waals surface area contributed by atoms with Crippen LogP contribution in [0.5, 0.6) is 0 Å². The lowest BCUT2D eigenvalue weighted by atomic mass is 10.0. The van der Waals surface area contributed by atoms with E-state index in [4.69, 9.17) is 5.10 Å². The van der Waals surface area contributed by atoms with E-state index in [1.807, 2.05) is 29.4 Å². The van der Waals surface area contributed by atoms with Gasteiger partial charge in [0.15, 0.2) is 5.78 Å². The van der Waals surface area contributed by atoms with Gasteiger partial charge in [0.1, 0.15) is 5.82 Å². The summed E-state index contributed by atoms with van der Waals surface area (Å²) in [7, 11) is 0. The highest BCUT2D eigenvalue weighted by Crippen LogP contribution is 2.39. The summed E-state index contributed by atoms with van der Waals surface area (Å²) in [6.45, 7) is 3.38. The fourth-order valence-electron chi connectivity index (χ4n) is 3.03. The van der Waals surface area contributed by atoms with Crippen LogP contribution in [0.1, 0.15) is 45.2 Å². The van der Waals surface area contributed by atoms with Gasteiger partial charge in [0.25, 0.3) is 0 Å². The molecular weight excluding hydrogens is 369 g/mol. The van der Waals surface area contributed by atoms with Gasteiger partial charge in [-0.05, 0) is 36.1 Å². The van der Waals surface area contributed by atoms with E-state index in [-0.39, 0.29) is 17.6 Å². The third kappa shape index (κ3) is 3.08. The van der Waals surface area contributed by atoms with Crippen LogP contribution in [0.15, 0.2) is 46.9 Å². The lowest BCUT2D eigenvalue weighted by Gasteiger charge is -2.21. The number of thiazole rings is 1. The molecule has 0 aliphatic carbocycles. The standard InChI is InChI=1S/C19H16FN3OS2/c1-11-18(12(2)24)26-19(21-11)23-16(13-5-7-14(20)8-6-13)10-15(22-23)17-4-3-9-25-17/h3-9,16H,10H2,1-2H3. The molecule has 4 nitrogen and oxygen atoms in total. The number of halogens is 1. The molecule has 1 aliphatic rings. The minimum absolute atomic E-state index is 0.00578. The van der Waals surface area contributed by atoms with E-state index < -0.39 is 0 Å². The number of thiophene rings is 1. The summed E-state index contributed by atoms with van der Waals surface area (Å²) in [6.07, 6.45) is 0.709. The van der Waals surface area contributed by atoms with Crippen LogP contribution in [-0.2, 0) is 0 Å². The summed E-state index contributed by atoms with van der Waals surface area (Å²) in [4.78, 5) is 18.1. The first kappa shape index (κ1) is 17.1. The van der Waals surface area contributed by atoms with Gasteiger partial charge in [0.2, 0.25) is 5.13 Å². The second-order valence-electron chi connectivity index (χ2n) is 6.11. The number of carbonyl (C=O) groups is 1. The van der Waals surface area contributed by atoms with Crippen molar-refractivity contribution in [3.05, 3.63) is 68.6 Å². The largest absolute Gasteiger partial charge is 0.294 e. The summed E-state index contributed by atoms with van der Waals surface area (Å²) < 4.78 is 13.4. The molecule has 1 unspecified atom stereocenters. The highest BCUT2D eigenvalue weighted by atomic mass is 32.1. The second kappa shape index (κ2) is 6.74. The molecule has 3 heterocycles. The Morgan fingerprint density at radius 1 is 1.27 bits per heavy atom. The van der Waals surface area contributed by atoms with Crippen LogP contribution in [0.2, 0.25) is 0 Å². The van der Waals surface area contributed by atoms with Crippen molar-refractivity contribution in [3.8, 4) is 0 Å². The van der Waals surface area contributed by atoms with E-state index in [9.17, 15) is 9.18 Å². The minimum Gasteiger partial charge on any atom is -0.294 e. The molecule has 7 heteroatoms. The number of Topliss-reactive ketones (excluding diaryl/α,β-unsaturated/α-hetero) is 1. The fourth-order valence-corrected chi connectivity index (χ4v) is 4.71. The number of benzene rings is 1. The van der Waals surface area contributed by atoms with Crippen molar-refractivity contribution in [2.45, 2.75) is 26.3 Å². The first-order valence-electron chi connectivity index (χ1n) is 8.17. The van der Waals surface area contributed by atoms with E-state index in [1.54, 1.807) is 30.4 Å². The molecule has 0 bridgehead atoms. The van der Waals surface area contributed by atoms with Crippen molar-refractivity contribution in [2.75, 3.05) is 5.01 Å². The zero-order chi connectivity index (χ0) is 18.3. The Kier molecular flexibility index (Phi) is 4.42. The fraction of sp³-hybridized carbons (Fsp3) is 0.211. The van der Waals surface area contributed by atoms with Gasteiger partial charge in [-0.15, -0.1) is 11.3 Å². The molecule has 2 aromatic heterocycles. The molecular formula is C19H16FN3OS2. The molecule has 26 heavy (non-hydrogen) atoms. The molecule has 0 spiro atoms. The number of carbonyl (C=O) groups excluding carboxylic acids is 1. The van der Waals surface area contributed by atoms with Crippen molar-refractivity contribution >= 4 is 39.3 Å². The van der Waals surface area contributed by atoms with Gasteiger partial charge >= 0.3 is 0 Å². The Bertz CT molecular complexity index is 977. The predicted octanol–water partition coefficient (Wildman–Crippen LogP) is 5.21. The van der Waals surface area contributed by atoms with E-state index >= 15 is 0 Å². The monoisotopic (exact) mass is 385 g/mol. The topological polar surface area (TPSA) is 45.6 Å². The van der Waals surface area contributed by atoms with Crippen LogP contribution in [0.3, 0.4) is 0 Å². The summed E-state index contributed by atoms with van der Waals surface area (Å²) in [5.41, 5.74) is 2.67. The number of aryl methyl sites for hydroxylation is 1. The highest BCUT2D eigenvalue weighted by Gasteiger charge is 2.32. The summed E-state index contributed by atoms with van der Waals surface area (Å²) in [6, 6.07) is 10.5. The molecule has 0 saturated heterocycles. The van der Waals surface area contributed by atoms with E-state index in [0.29, 0.717) is 16.4 Å². The number of nitrogens with zero attached hydrogens (tertiary/aromatic N) is 3. The lowest BCUT2D eigenvalue weighted by molar-refractivity contribution is 0.102. The molecule has 132 valence electrons. The van der Waals surface area contributed by atoms with Gasteiger partial charge in [-0.25, -0.2) is 14.4 Å². The molecule has 0 N–H and O–H groups in total. The molecule has 0 saturated carbocycles. The van der Waals surface area contributed by atoms with Crippen LogP contribution in [-0.4, -0.2) is 16.5 Å². The Labute approximate surface area is 158 Å². The van der Waals surface area contributed by atoms with Gasteiger partial charge in [-0.3, -0.25) is 4.79 Å². The Morgan fingerprint density at radius 2 is 2.04 bits per heavy atom. The summed E-state index contributed by atoms with van der Waals surface area (Å²) in [5.74, 6) is -0.257. The number of hydrazone groups is 1. The van der Waals surface area contributed by atoms with Crippen molar-refractivity contribution < 1.29 is 9.18 Å². The minimum atomic E-state index is -0.262. The number of ketones is 1. The van der Waals surface area contributed by atoms with Crippen LogP contribution in [0, 0.1) is 12.7 Å². The van der Waals surface area contributed by atoms with Gasteiger partial charge in [-0.2, -0.15) is 5.10 Å². The third-order valence-electron chi connectivity index (χ3n) is 4.27.